The summed E-state index contributed by atoms with van der Waals surface area (Å²) in [5.74, 6) is 0. The SMILES string of the molecule is C=C/C(C)=C\C(=C)/C(=C/C(C)=C(\C)N)CC. The molecule has 0 aromatic carbocycles. The van der Waals surface area contributed by atoms with E-state index in [1.54, 1.807) is 0 Å². The van der Waals surface area contributed by atoms with Gasteiger partial charge in [-0.15, -0.1) is 0 Å². The molecule has 0 amide bonds. The van der Waals surface area contributed by atoms with Crippen molar-refractivity contribution in [3.05, 3.63) is 59.4 Å². The van der Waals surface area contributed by atoms with Crippen LogP contribution in [0, 0.1) is 0 Å². The molecule has 0 aliphatic rings. The molecule has 0 radical (unpaired) electrons. The van der Waals surface area contributed by atoms with E-state index in [4.69, 9.17) is 5.73 Å². The Bertz CT molecular complexity index is 361. The Morgan fingerprint density at radius 3 is 2.12 bits per heavy atom. The van der Waals surface area contributed by atoms with E-state index in [0.717, 1.165) is 28.8 Å². The van der Waals surface area contributed by atoms with Gasteiger partial charge in [0, 0.05) is 5.70 Å². The monoisotopic (exact) mass is 217 g/mol. The van der Waals surface area contributed by atoms with Crippen molar-refractivity contribution in [3.8, 4) is 0 Å². The van der Waals surface area contributed by atoms with Gasteiger partial charge in [-0.1, -0.05) is 43.9 Å². The summed E-state index contributed by atoms with van der Waals surface area (Å²) in [6.07, 6.45) is 6.92. The lowest BCUT2D eigenvalue weighted by atomic mass is 10.00. The quantitative estimate of drug-likeness (QED) is 0.684. The molecule has 1 nitrogen and oxygen atoms in total. The first-order chi connectivity index (χ1) is 7.42. The Labute approximate surface area is 99.7 Å². The summed E-state index contributed by atoms with van der Waals surface area (Å²) < 4.78 is 0. The molecular formula is C15H23N. The Hall–Kier alpha value is -1.50. The van der Waals surface area contributed by atoms with Crippen LogP contribution in [0.4, 0.5) is 0 Å². The fraction of sp³-hybridized carbons (Fsp3) is 0.333. The highest BCUT2D eigenvalue weighted by molar-refractivity contribution is 5.44. The predicted molar refractivity (Wildman–Crippen MR) is 74.0 cm³/mol. The molecule has 0 spiro atoms. The first-order valence-corrected chi connectivity index (χ1v) is 5.55. The van der Waals surface area contributed by atoms with Crippen LogP contribution in [0.1, 0.15) is 34.1 Å². The van der Waals surface area contributed by atoms with Crippen LogP contribution in [0.5, 0.6) is 0 Å². The molecule has 0 heterocycles. The van der Waals surface area contributed by atoms with Gasteiger partial charge in [0.2, 0.25) is 0 Å². The third kappa shape index (κ3) is 4.83. The molecule has 0 atom stereocenters. The molecular weight excluding hydrogens is 194 g/mol. The molecule has 1 heteroatoms. The largest absolute Gasteiger partial charge is 0.402 e. The minimum atomic E-state index is 0.850. The minimum absolute atomic E-state index is 0.850. The maximum absolute atomic E-state index is 5.74. The molecule has 0 aliphatic heterocycles. The lowest BCUT2D eigenvalue weighted by Crippen LogP contribution is -1.95. The van der Waals surface area contributed by atoms with Crippen molar-refractivity contribution >= 4 is 0 Å². The Kier molecular flexibility index (Phi) is 6.24. The second kappa shape index (κ2) is 6.89. The van der Waals surface area contributed by atoms with Crippen LogP contribution in [0.25, 0.3) is 0 Å². The molecule has 0 fully saturated rings. The van der Waals surface area contributed by atoms with Crippen molar-refractivity contribution in [3.63, 3.8) is 0 Å². The van der Waals surface area contributed by atoms with Crippen molar-refractivity contribution < 1.29 is 0 Å². The summed E-state index contributed by atoms with van der Waals surface area (Å²) in [7, 11) is 0. The standard InChI is InChI=1S/C15H23N/c1-7-11(3)9-13(5)15(8-2)10-12(4)14(6)16/h7,9-10H,1,5,8,16H2,2-4,6H3/b11-9-,14-12+,15-10+. The van der Waals surface area contributed by atoms with Crippen molar-refractivity contribution in [2.75, 3.05) is 0 Å². The average molecular weight is 217 g/mol. The van der Waals surface area contributed by atoms with Crippen molar-refractivity contribution in [1.82, 2.24) is 0 Å². The second-order valence-electron chi connectivity index (χ2n) is 4.01. The fourth-order valence-corrected chi connectivity index (χ4v) is 1.22. The number of allylic oxidation sites excluding steroid dienone is 8. The summed E-state index contributed by atoms with van der Waals surface area (Å²) >= 11 is 0. The summed E-state index contributed by atoms with van der Waals surface area (Å²) in [6, 6.07) is 0. The molecule has 0 aliphatic carbocycles. The molecule has 0 rings (SSSR count). The average Bonchev–Trinajstić information content (AvgIpc) is 2.24. The predicted octanol–water partition coefficient (Wildman–Crippen LogP) is 4.26. The molecule has 0 bridgehead atoms. The summed E-state index contributed by atoms with van der Waals surface area (Å²) in [6.45, 7) is 15.9. The zero-order chi connectivity index (χ0) is 12.7. The van der Waals surface area contributed by atoms with E-state index in [9.17, 15) is 0 Å². The van der Waals surface area contributed by atoms with Crippen molar-refractivity contribution in [1.29, 1.82) is 0 Å². The van der Waals surface area contributed by atoms with Crippen LogP contribution in [0.3, 0.4) is 0 Å². The topological polar surface area (TPSA) is 26.0 Å². The van der Waals surface area contributed by atoms with E-state index >= 15 is 0 Å². The molecule has 0 saturated heterocycles. The summed E-state index contributed by atoms with van der Waals surface area (Å²) in [4.78, 5) is 0. The first kappa shape index (κ1) is 14.5. The number of hydrogen-bond donors (Lipinski definition) is 1. The van der Waals surface area contributed by atoms with Gasteiger partial charge in [-0.2, -0.15) is 0 Å². The number of nitrogens with two attached hydrogens (primary N) is 1. The number of rotatable bonds is 5. The van der Waals surface area contributed by atoms with Crippen LogP contribution in [-0.4, -0.2) is 0 Å². The zero-order valence-electron chi connectivity index (χ0n) is 10.9. The Balaban J connectivity index is 5.10. The molecule has 0 unspecified atom stereocenters. The summed E-state index contributed by atoms with van der Waals surface area (Å²) in [5, 5.41) is 0. The third-order valence-corrected chi connectivity index (χ3v) is 2.53. The lowest BCUT2D eigenvalue weighted by Gasteiger charge is -2.07. The van der Waals surface area contributed by atoms with Gasteiger partial charge in [0.15, 0.2) is 0 Å². The number of hydrogen-bond acceptors (Lipinski definition) is 1. The van der Waals surface area contributed by atoms with Crippen LogP contribution in [0.2, 0.25) is 0 Å². The van der Waals surface area contributed by atoms with Crippen molar-refractivity contribution in [2.45, 2.75) is 34.1 Å². The fourth-order valence-electron chi connectivity index (χ4n) is 1.22. The maximum Gasteiger partial charge on any atom is 0.00786 e. The van der Waals surface area contributed by atoms with E-state index in [0.29, 0.717) is 0 Å². The molecule has 2 N–H and O–H groups in total. The van der Waals surface area contributed by atoms with E-state index in [2.05, 4.69) is 26.2 Å². The van der Waals surface area contributed by atoms with Gasteiger partial charge in [0.25, 0.3) is 0 Å². The van der Waals surface area contributed by atoms with E-state index in [1.807, 2.05) is 32.9 Å². The summed E-state index contributed by atoms with van der Waals surface area (Å²) in [5.41, 5.74) is 11.1. The maximum atomic E-state index is 5.74. The Morgan fingerprint density at radius 2 is 1.75 bits per heavy atom. The molecule has 16 heavy (non-hydrogen) atoms. The molecule has 0 aromatic heterocycles. The minimum Gasteiger partial charge on any atom is -0.402 e. The van der Waals surface area contributed by atoms with Crippen LogP contribution in [-0.2, 0) is 0 Å². The van der Waals surface area contributed by atoms with Gasteiger partial charge in [-0.25, -0.2) is 0 Å². The van der Waals surface area contributed by atoms with E-state index in [1.165, 1.54) is 5.57 Å². The zero-order valence-corrected chi connectivity index (χ0v) is 10.9. The van der Waals surface area contributed by atoms with Crippen LogP contribution < -0.4 is 5.73 Å². The van der Waals surface area contributed by atoms with Crippen molar-refractivity contribution in [2.24, 2.45) is 5.73 Å². The second-order valence-corrected chi connectivity index (χ2v) is 4.01. The van der Waals surface area contributed by atoms with E-state index < -0.39 is 0 Å². The van der Waals surface area contributed by atoms with E-state index in [-0.39, 0.29) is 0 Å². The third-order valence-electron chi connectivity index (χ3n) is 2.53. The van der Waals surface area contributed by atoms with Crippen LogP contribution >= 0.6 is 0 Å². The molecule has 88 valence electrons. The highest BCUT2D eigenvalue weighted by Gasteiger charge is 1.99. The van der Waals surface area contributed by atoms with Crippen LogP contribution in [0.15, 0.2) is 59.4 Å². The smallest absolute Gasteiger partial charge is 0.00786 e. The van der Waals surface area contributed by atoms with Gasteiger partial charge in [0.1, 0.15) is 0 Å². The van der Waals surface area contributed by atoms with Gasteiger partial charge in [0.05, 0.1) is 0 Å². The first-order valence-electron chi connectivity index (χ1n) is 5.55. The highest BCUT2D eigenvalue weighted by atomic mass is 14.5. The highest BCUT2D eigenvalue weighted by Crippen LogP contribution is 2.18. The van der Waals surface area contributed by atoms with Gasteiger partial charge in [-0.05, 0) is 43.9 Å². The van der Waals surface area contributed by atoms with Gasteiger partial charge < -0.3 is 5.73 Å². The molecule has 0 saturated carbocycles. The Morgan fingerprint density at radius 1 is 1.19 bits per heavy atom. The normalized spacial score (nSPS) is 14.5. The van der Waals surface area contributed by atoms with Gasteiger partial charge in [-0.3, -0.25) is 0 Å². The lowest BCUT2D eigenvalue weighted by molar-refractivity contribution is 1.11. The van der Waals surface area contributed by atoms with Gasteiger partial charge >= 0.3 is 0 Å². The molecule has 0 aromatic rings.